The van der Waals surface area contributed by atoms with Crippen molar-refractivity contribution in [3.8, 4) is 0 Å². The van der Waals surface area contributed by atoms with Gasteiger partial charge in [-0.05, 0) is 36.7 Å². The van der Waals surface area contributed by atoms with Gasteiger partial charge in [0, 0.05) is 5.56 Å². The molecule has 0 atom stereocenters. The van der Waals surface area contributed by atoms with Crippen LogP contribution in [0.3, 0.4) is 0 Å². The molecule has 2 aromatic rings. The van der Waals surface area contributed by atoms with Crippen molar-refractivity contribution in [2.24, 2.45) is 5.41 Å². The highest BCUT2D eigenvalue weighted by molar-refractivity contribution is 5.16. The molecule has 0 heterocycles. The first kappa shape index (κ1) is 24.7. The summed E-state index contributed by atoms with van der Waals surface area (Å²) < 4.78 is 1.10. The minimum absolute atomic E-state index is 0.423. The Bertz CT molecular complexity index is 611. The number of hydrogen-bond donors (Lipinski definition) is 0. The lowest BCUT2D eigenvalue weighted by atomic mass is 9.81. The highest BCUT2D eigenvalue weighted by Gasteiger charge is 2.18. The SMILES string of the molecule is CC(C)(CCCCCCCCCC[N+](C)(C)Cc1ccccc1)Cc1ccccc1. The number of quaternary nitrogens is 1. The van der Waals surface area contributed by atoms with Gasteiger partial charge < -0.3 is 4.48 Å². The Morgan fingerprint density at radius 3 is 1.63 bits per heavy atom. The molecule has 2 rings (SSSR count). The van der Waals surface area contributed by atoms with Gasteiger partial charge in [-0.1, -0.05) is 113 Å². The Labute approximate surface area is 187 Å². The monoisotopic (exact) mass is 408 g/mol. The summed E-state index contributed by atoms with van der Waals surface area (Å²) in [7, 11) is 4.73. The molecule has 0 aliphatic rings. The largest absolute Gasteiger partial charge is 0.325 e. The van der Waals surface area contributed by atoms with Crippen LogP contribution in [0.25, 0.3) is 0 Å². The third-order valence-electron chi connectivity index (χ3n) is 6.35. The molecule has 0 amide bonds. The zero-order valence-electron chi connectivity index (χ0n) is 20.2. The van der Waals surface area contributed by atoms with Gasteiger partial charge >= 0.3 is 0 Å². The Morgan fingerprint density at radius 1 is 0.600 bits per heavy atom. The first-order valence-corrected chi connectivity index (χ1v) is 12.3. The predicted molar refractivity (Wildman–Crippen MR) is 133 cm³/mol. The molecule has 0 saturated carbocycles. The lowest BCUT2D eigenvalue weighted by molar-refractivity contribution is -0.903. The summed E-state index contributed by atoms with van der Waals surface area (Å²) in [6, 6.07) is 21.9. The molecule has 0 aliphatic heterocycles. The summed E-state index contributed by atoms with van der Waals surface area (Å²) in [6.07, 6.45) is 13.7. The molecule has 30 heavy (non-hydrogen) atoms. The second-order valence-corrected chi connectivity index (χ2v) is 10.7. The first-order chi connectivity index (χ1) is 14.4. The standard InChI is InChI=1S/C29H46N/c1-29(2,25-27-19-13-11-14-20-27)23-17-9-7-5-6-8-10-18-24-30(3,4)26-28-21-15-12-16-22-28/h11-16,19-22H,5-10,17-18,23-26H2,1-4H3/q+1. The summed E-state index contributed by atoms with van der Waals surface area (Å²) in [5.41, 5.74) is 3.36. The molecule has 0 bridgehead atoms. The molecule has 1 nitrogen and oxygen atoms in total. The maximum absolute atomic E-state index is 2.43. The van der Waals surface area contributed by atoms with E-state index in [1.54, 1.807) is 0 Å². The van der Waals surface area contributed by atoms with Crippen molar-refractivity contribution in [1.29, 1.82) is 0 Å². The minimum Gasteiger partial charge on any atom is -0.325 e. The van der Waals surface area contributed by atoms with Gasteiger partial charge in [0.25, 0.3) is 0 Å². The van der Waals surface area contributed by atoms with Gasteiger partial charge in [-0.2, -0.15) is 0 Å². The number of rotatable bonds is 15. The Balaban J connectivity index is 1.45. The third kappa shape index (κ3) is 11.0. The fraction of sp³-hybridized carbons (Fsp3) is 0.586. The smallest absolute Gasteiger partial charge is 0.104 e. The van der Waals surface area contributed by atoms with Crippen molar-refractivity contribution in [2.75, 3.05) is 20.6 Å². The van der Waals surface area contributed by atoms with Gasteiger partial charge in [-0.15, -0.1) is 0 Å². The van der Waals surface area contributed by atoms with Crippen LogP contribution in [0.2, 0.25) is 0 Å². The second kappa shape index (κ2) is 13.0. The van der Waals surface area contributed by atoms with Crippen molar-refractivity contribution in [3.63, 3.8) is 0 Å². The molecule has 0 aliphatic carbocycles. The topological polar surface area (TPSA) is 0 Å². The van der Waals surface area contributed by atoms with Crippen LogP contribution in [-0.4, -0.2) is 25.1 Å². The highest BCUT2D eigenvalue weighted by Crippen LogP contribution is 2.28. The van der Waals surface area contributed by atoms with E-state index in [0.717, 1.165) is 11.0 Å². The molecular weight excluding hydrogens is 362 g/mol. The van der Waals surface area contributed by atoms with Crippen LogP contribution in [0, 0.1) is 5.41 Å². The Morgan fingerprint density at radius 2 is 1.07 bits per heavy atom. The summed E-state index contributed by atoms with van der Waals surface area (Å²) in [6.45, 7) is 7.28. The molecule has 0 saturated heterocycles. The van der Waals surface area contributed by atoms with Crippen molar-refractivity contribution >= 4 is 0 Å². The fourth-order valence-electron chi connectivity index (χ4n) is 4.60. The van der Waals surface area contributed by atoms with E-state index < -0.39 is 0 Å². The highest BCUT2D eigenvalue weighted by atomic mass is 15.3. The Kier molecular flexibility index (Phi) is 10.6. The van der Waals surface area contributed by atoms with Gasteiger partial charge in [0.2, 0.25) is 0 Å². The van der Waals surface area contributed by atoms with Crippen LogP contribution >= 0.6 is 0 Å². The quantitative estimate of drug-likeness (QED) is 0.206. The van der Waals surface area contributed by atoms with Crippen LogP contribution < -0.4 is 0 Å². The van der Waals surface area contributed by atoms with Gasteiger partial charge in [0.1, 0.15) is 6.54 Å². The van der Waals surface area contributed by atoms with Crippen molar-refractivity contribution in [1.82, 2.24) is 0 Å². The van der Waals surface area contributed by atoms with Crippen LogP contribution in [0.4, 0.5) is 0 Å². The maximum Gasteiger partial charge on any atom is 0.104 e. The maximum atomic E-state index is 2.43. The zero-order chi connectivity index (χ0) is 21.7. The molecule has 1 heteroatoms. The van der Waals surface area contributed by atoms with Crippen LogP contribution in [0.1, 0.15) is 82.8 Å². The van der Waals surface area contributed by atoms with Crippen molar-refractivity contribution in [3.05, 3.63) is 71.8 Å². The second-order valence-electron chi connectivity index (χ2n) is 10.7. The zero-order valence-corrected chi connectivity index (χ0v) is 20.2. The summed E-state index contributed by atoms with van der Waals surface area (Å²) in [5, 5.41) is 0. The lowest BCUT2D eigenvalue weighted by Crippen LogP contribution is -2.39. The van der Waals surface area contributed by atoms with Gasteiger partial charge in [-0.3, -0.25) is 0 Å². The van der Waals surface area contributed by atoms with E-state index >= 15 is 0 Å². The number of benzene rings is 2. The summed E-state index contributed by atoms with van der Waals surface area (Å²) in [5.74, 6) is 0. The van der Waals surface area contributed by atoms with E-state index in [1.165, 1.54) is 81.9 Å². The molecule has 0 fully saturated rings. The Hall–Kier alpha value is -1.60. The fourth-order valence-corrected chi connectivity index (χ4v) is 4.60. The lowest BCUT2D eigenvalue weighted by Gasteiger charge is -2.30. The van der Waals surface area contributed by atoms with Gasteiger partial charge in [0.05, 0.1) is 20.6 Å². The van der Waals surface area contributed by atoms with Gasteiger partial charge in [0.15, 0.2) is 0 Å². The van der Waals surface area contributed by atoms with Crippen molar-refractivity contribution < 1.29 is 4.48 Å². The van der Waals surface area contributed by atoms with Crippen molar-refractivity contribution in [2.45, 2.75) is 84.6 Å². The average Bonchev–Trinajstić information content (AvgIpc) is 2.70. The number of nitrogens with zero attached hydrogens (tertiary/aromatic N) is 1. The van der Waals surface area contributed by atoms with Crippen LogP contribution in [0.5, 0.6) is 0 Å². The van der Waals surface area contributed by atoms with Crippen LogP contribution in [0.15, 0.2) is 60.7 Å². The van der Waals surface area contributed by atoms with E-state index in [0.29, 0.717) is 5.41 Å². The molecule has 166 valence electrons. The molecule has 0 aromatic heterocycles. The van der Waals surface area contributed by atoms with E-state index in [1.807, 2.05) is 0 Å². The molecule has 0 N–H and O–H groups in total. The normalized spacial score (nSPS) is 12.3. The molecule has 0 unspecified atom stereocenters. The molecular formula is C29H46N+. The van der Waals surface area contributed by atoms with Gasteiger partial charge in [-0.25, -0.2) is 0 Å². The van der Waals surface area contributed by atoms with Crippen LogP contribution in [-0.2, 0) is 13.0 Å². The molecule has 0 radical (unpaired) electrons. The van der Waals surface area contributed by atoms with E-state index in [4.69, 9.17) is 0 Å². The first-order valence-electron chi connectivity index (χ1n) is 12.3. The van der Waals surface area contributed by atoms with E-state index in [2.05, 4.69) is 88.6 Å². The molecule has 0 spiro atoms. The minimum atomic E-state index is 0.423. The summed E-state index contributed by atoms with van der Waals surface area (Å²) >= 11 is 0. The molecule has 2 aromatic carbocycles. The average molecular weight is 409 g/mol. The van der Waals surface area contributed by atoms with E-state index in [-0.39, 0.29) is 0 Å². The van der Waals surface area contributed by atoms with E-state index in [9.17, 15) is 0 Å². The third-order valence-corrected chi connectivity index (χ3v) is 6.35. The predicted octanol–water partition coefficient (Wildman–Crippen LogP) is 8.04. The number of unbranched alkanes of at least 4 members (excludes halogenated alkanes) is 7. The number of hydrogen-bond acceptors (Lipinski definition) is 0. The summed E-state index contributed by atoms with van der Waals surface area (Å²) in [4.78, 5) is 0.